The Kier molecular flexibility index (Phi) is 5.98. The van der Waals surface area contributed by atoms with Gasteiger partial charge in [-0.3, -0.25) is 0 Å². The van der Waals surface area contributed by atoms with E-state index in [0.29, 0.717) is 32.4 Å². The molecule has 0 aliphatic carbocycles. The summed E-state index contributed by atoms with van der Waals surface area (Å²) in [5.74, 6) is 0.799. The highest BCUT2D eigenvalue weighted by Crippen LogP contribution is 2.35. The molecule has 7 nitrogen and oxygen atoms in total. The average molecular weight is 454 g/mol. The van der Waals surface area contributed by atoms with Crippen molar-refractivity contribution in [3.8, 4) is 23.0 Å². The topological polar surface area (TPSA) is 83.7 Å². The molecule has 2 aromatic carbocycles. The number of hydrogen-bond donors (Lipinski definition) is 0. The van der Waals surface area contributed by atoms with Crippen molar-refractivity contribution >= 4 is 33.5 Å². The third-order valence-electron chi connectivity index (χ3n) is 3.57. The monoisotopic (exact) mass is 452 g/mol. The number of carbonyl (C=O) groups is 1. The van der Waals surface area contributed by atoms with Gasteiger partial charge in [-0.2, -0.15) is 0 Å². The highest BCUT2D eigenvalue weighted by atomic mass is 79.9. The molecule has 0 aliphatic heterocycles. The first-order chi connectivity index (χ1) is 13.0. The van der Waals surface area contributed by atoms with E-state index in [1.807, 2.05) is 0 Å². The molecular formula is C18H14BrClN2O5. The first-order valence-corrected chi connectivity index (χ1v) is 8.86. The lowest BCUT2D eigenvalue weighted by atomic mass is 10.2. The largest absolute Gasteiger partial charge is 0.495 e. The lowest BCUT2D eigenvalue weighted by Crippen LogP contribution is -2.06. The van der Waals surface area contributed by atoms with Crippen LogP contribution in [0.2, 0.25) is 5.02 Å². The molecule has 1 aromatic heterocycles. The van der Waals surface area contributed by atoms with E-state index in [-0.39, 0.29) is 18.1 Å². The van der Waals surface area contributed by atoms with Gasteiger partial charge < -0.3 is 18.6 Å². The Balaban J connectivity index is 1.70. The van der Waals surface area contributed by atoms with Gasteiger partial charge in [0.1, 0.15) is 16.0 Å². The van der Waals surface area contributed by atoms with Crippen LogP contribution in [0.1, 0.15) is 16.2 Å². The molecule has 140 valence electrons. The summed E-state index contributed by atoms with van der Waals surface area (Å²) in [4.78, 5) is 12.3. The number of benzene rings is 2. The predicted molar refractivity (Wildman–Crippen MR) is 101 cm³/mol. The smallest absolute Gasteiger partial charge is 0.338 e. The molecule has 27 heavy (non-hydrogen) atoms. The standard InChI is InChI=1S/C18H14BrClN2O5/c1-24-13-7-11(8-14(25-2)16(13)19)18(23)26-9-15-21-22-17(27-15)10-3-5-12(20)6-4-10/h3-8H,9H2,1-2H3. The van der Waals surface area contributed by atoms with E-state index in [4.69, 9.17) is 30.2 Å². The summed E-state index contributed by atoms with van der Waals surface area (Å²) in [6, 6.07) is 10.0. The van der Waals surface area contributed by atoms with Gasteiger partial charge >= 0.3 is 5.97 Å². The number of aromatic nitrogens is 2. The molecule has 0 N–H and O–H groups in total. The Hall–Kier alpha value is -2.58. The summed E-state index contributed by atoms with van der Waals surface area (Å²) in [5.41, 5.74) is 0.983. The van der Waals surface area contributed by atoms with Crippen LogP contribution in [0.25, 0.3) is 11.5 Å². The molecule has 0 unspecified atom stereocenters. The first-order valence-electron chi connectivity index (χ1n) is 7.68. The molecule has 0 saturated heterocycles. The number of hydrogen-bond acceptors (Lipinski definition) is 7. The molecule has 1 heterocycles. The molecule has 9 heteroatoms. The second-order valence-corrected chi connectivity index (χ2v) is 6.51. The second-order valence-electron chi connectivity index (χ2n) is 5.28. The third kappa shape index (κ3) is 4.40. The lowest BCUT2D eigenvalue weighted by molar-refractivity contribution is 0.0438. The number of methoxy groups -OCH3 is 2. The summed E-state index contributed by atoms with van der Waals surface area (Å²) in [7, 11) is 2.98. The highest BCUT2D eigenvalue weighted by molar-refractivity contribution is 9.10. The van der Waals surface area contributed by atoms with E-state index in [1.54, 1.807) is 36.4 Å². The van der Waals surface area contributed by atoms with Gasteiger partial charge in [0, 0.05) is 10.6 Å². The zero-order chi connectivity index (χ0) is 19.4. The van der Waals surface area contributed by atoms with Crippen LogP contribution in [0.15, 0.2) is 45.3 Å². The maximum atomic E-state index is 12.3. The highest BCUT2D eigenvalue weighted by Gasteiger charge is 2.17. The minimum Gasteiger partial charge on any atom is -0.495 e. The van der Waals surface area contributed by atoms with Crippen molar-refractivity contribution in [2.75, 3.05) is 14.2 Å². The number of ether oxygens (including phenoxy) is 3. The normalized spacial score (nSPS) is 10.5. The molecule has 0 aliphatic rings. The van der Waals surface area contributed by atoms with Crippen molar-refractivity contribution in [1.29, 1.82) is 0 Å². The fourth-order valence-corrected chi connectivity index (χ4v) is 2.90. The third-order valence-corrected chi connectivity index (χ3v) is 4.60. The molecule has 3 aromatic rings. The Morgan fingerprint density at radius 2 is 1.74 bits per heavy atom. The van der Waals surface area contributed by atoms with Crippen molar-refractivity contribution in [2.45, 2.75) is 6.61 Å². The van der Waals surface area contributed by atoms with Crippen LogP contribution in [0.3, 0.4) is 0 Å². The molecular weight excluding hydrogens is 440 g/mol. The second kappa shape index (κ2) is 8.41. The zero-order valence-electron chi connectivity index (χ0n) is 14.4. The van der Waals surface area contributed by atoms with Crippen molar-refractivity contribution in [2.24, 2.45) is 0 Å². The van der Waals surface area contributed by atoms with E-state index < -0.39 is 5.97 Å². The van der Waals surface area contributed by atoms with Crippen LogP contribution in [-0.4, -0.2) is 30.4 Å². The molecule has 0 saturated carbocycles. The van der Waals surface area contributed by atoms with Gasteiger partial charge in [0.05, 0.1) is 19.8 Å². The molecule has 0 fully saturated rings. The van der Waals surface area contributed by atoms with E-state index >= 15 is 0 Å². The van der Waals surface area contributed by atoms with Crippen molar-refractivity contribution < 1.29 is 23.4 Å². The maximum absolute atomic E-state index is 12.3. The van der Waals surface area contributed by atoms with Gasteiger partial charge in [-0.1, -0.05) is 11.6 Å². The molecule has 0 bridgehead atoms. The van der Waals surface area contributed by atoms with Crippen LogP contribution in [0.4, 0.5) is 0 Å². The van der Waals surface area contributed by atoms with Gasteiger partial charge in [0.25, 0.3) is 5.89 Å². The predicted octanol–water partition coefficient (Wildman–Crippen LogP) is 4.53. The maximum Gasteiger partial charge on any atom is 0.338 e. The molecule has 3 rings (SSSR count). The van der Waals surface area contributed by atoms with Crippen LogP contribution < -0.4 is 9.47 Å². The van der Waals surface area contributed by atoms with Gasteiger partial charge in [-0.05, 0) is 52.3 Å². The fraction of sp³-hybridized carbons (Fsp3) is 0.167. The fourth-order valence-electron chi connectivity index (χ4n) is 2.22. The lowest BCUT2D eigenvalue weighted by Gasteiger charge is -2.10. The van der Waals surface area contributed by atoms with Gasteiger partial charge in [0.15, 0.2) is 6.61 Å². The zero-order valence-corrected chi connectivity index (χ0v) is 16.7. The molecule has 0 atom stereocenters. The van der Waals surface area contributed by atoms with Crippen molar-refractivity contribution in [3.05, 3.63) is 57.3 Å². The minimum atomic E-state index is -0.578. The van der Waals surface area contributed by atoms with Crippen molar-refractivity contribution in [3.63, 3.8) is 0 Å². The number of rotatable bonds is 6. The van der Waals surface area contributed by atoms with Crippen LogP contribution in [-0.2, 0) is 11.3 Å². The number of nitrogens with zero attached hydrogens (tertiary/aromatic N) is 2. The number of carbonyl (C=O) groups excluding carboxylic acids is 1. The van der Waals surface area contributed by atoms with E-state index in [2.05, 4.69) is 26.1 Å². The van der Waals surface area contributed by atoms with Crippen LogP contribution in [0.5, 0.6) is 11.5 Å². The summed E-state index contributed by atoms with van der Waals surface area (Å²) < 4.78 is 21.8. The number of halogens is 2. The molecule has 0 spiro atoms. The van der Waals surface area contributed by atoms with Crippen molar-refractivity contribution in [1.82, 2.24) is 10.2 Å². The molecule has 0 amide bonds. The van der Waals surface area contributed by atoms with Crippen LogP contribution >= 0.6 is 27.5 Å². The van der Waals surface area contributed by atoms with E-state index in [0.717, 1.165) is 0 Å². The van der Waals surface area contributed by atoms with Crippen LogP contribution in [0, 0.1) is 0 Å². The van der Waals surface area contributed by atoms with Gasteiger partial charge in [0.2, 0.25) is 5.89 Å². The summed E-state index contributed by atoms with van der Waals surface area (Å²) in [5, 5.41) is 8.42. The first kappa shape index (κ1) is 19.2. The van der Waals surface area contributed by atoms with Gasteiger partial charge in [-0.15, -0.1) is 10.2 Å². The summed E-state index contributed by atoms with van der Waals surface area (Å²) >= 11 is 9.20. The van der Waals surface area contributed by atoms with Gasteiger partial charge in [-0.25, -0.2) is 4.79 Å². The van der Waals surface area contributed by atoms with E-state index in [1.165, 1.54) is 14.2 Å². The summed E-state index contributed by atoms with van der Waals surface area (Å²) in [6.45, 7) is -0.167. The number of esters is 1. The SMILES string of the molecule is COc1cc(C(=O)OCc2nnc(-c3ccc(Cl)cc3)o2)cc(OC)c1Br. The summed E-state index contributed by atoms with van der Waals surface area (Å²) in [6.07, 6.45) is 0. The minimum absolute atomic E-state index is 0.167. The molecule has 0 radical (unpaired) electrons. The Morgan fingerprint density at radius 1 is 1.11 bits per heavy atom. The average Bonchev–Trinajstić information content (AvgIpc) is 3.16. The quantitative estimate of drug-likeness (QED) is 0.507. The Labute approximate surface area is 168 Å². The van der Waals surface area contributed by atoms with E-state index in [9.17, 15) is 4.79 Å². The Bertz CT molecular complexity index is 934. The Morgan fingerprint density at radius 3 is 2.33 bits per heavy atom.